The van der Waals surface area contributed by atoms with Gasteiger partial charge >= 0.3 is 0 Å². The van der Waals surface area contributed by atoms with Gasteiger partial charge in [0, 0.05) is 13.6 Å². The lowest BCUT2D eigenvalue weighted by molar-refractivity contribution is 0.454. The van der Waals surface area contributed by atoms with Gasteiger partial charge in [0.05, 0.1) is 21.5 Å². The zero-order chi connectivity index (χ0) is 16.4. The van der Waals surface area contributed by atoms with Crippen LogP contribution < -0.4 is 5.73 Å². The lowest BCUT2D eigenvalue weighted by atomic mass is 10.3. The summed E-state index contributed by atoms with van der Waals surface area (Å²) < 4.78 is 55.3. The van der Waals surface area contributed by atoms with Crippen LogP contribution in [0.15, 0.2) is 17.0 Å². The molecular weight excluding hydrogens is 363 g/mol. The minimum atomic E-state index is -4.14. The van der Waals surface area contributed by atoms with Crippen LogP contribution in [-0.2, 0) is 20.1 Å². The summed E-state index contributed by atoms with van der Waals surface area (Å²) in [5.74, 6) is -0.539. The molecule has 0 aliphatic carbocycles. The first-order chi connectivity index (χ1) is 9.45. The molecule has 1 aromatic rings. The number of hydrogen-bond donors (Lipinski definition) is 2. The molecule has 0 saturated carbocycles. The van der Waals surface area contributed by atoms with E-state index in [9.17, 15) is 16.8 Å². The van der Waals surface area contributed by atoms with E-state index in [-0.39, 0.29) is 33.6 Å². The van der Waals surface area contributed by atoms with Crippen LogP contribution in [0.5, 0.6) is 0 Å². The number of nitrogens with two attached hydrogens (primary N) is 1. The van der Waals surface area contributed by atoms with Gasteiger partial charge in [0.15, 0.2) is 0 Å². The fourth-order valence-corrected chi connectivity index (χ4v) is 3.96. The fourth-order valence-electron chi connectivity index (χ4n) is 1.50. The third kappa shape index (κ3) is 4.97. The van der Waals surface area contributed by atoms with Gasteiger partial charge in [-0.15, -0.1) is 0 Å². The first-order valence-electron chi connectivity index (χ1n) is 5.61. The summed E-state index contributed by atoms with van der Waals surface area (Å²) in [5.41, 5.74) is 5.67. The van der Waals surface area contributed by atoms with E-state index in [1.807, 2.05) is 0 Å². The first-order valence-corrected chi connectivity index (χ1v) is 9.41. The van der Waals surface area contributed by atoms with Gasteiger partial charge in [-0.05, 0) is 18.6 Å². The van der Waals surface area contributed by atoms with E-state index >= 15 is 0 Å². The van der Waals surface area contributed by atoms with E-state index in [0.717, 1.165) is 10.4 Å². The second kappa shape index (κ2) is 6.67. The quantitative estimate of drug-likeness (QED) is 0.573. The van der Waals surface area contributed by atoms with Crippen LogP contribution in [-0.4, -0.2) is 45.0 Å². The van der Waals surface area contributed by atoms with E-state index in [1.54, 1.807) is 0 Å². The average Bonchev–Trinajstić information content (AvgIpc) is 2.31. The van der Waals surface area contributed by atoms with Gasteiger partial charge in [0.25, 0.3) is 10.1 Å². The van der Waals surface area contributed by atoms with Crippen molar-refractivity contribution in [2.24, 2.45) is 0 Å². The molecule has 0 spiro atoms. The lowest BCUT2D eigenvalue weighted by Gasteiger charge is -2.18. The van der Waals surface area contributed by atoms with Gasteiger partial charge in [-0.1, -0.05) is 23.2 Å². The van der Waals surface area contributed by atoms with Crippen molar-refractivity contribution >= 4 is 49.0 Å². The number of nitrogens with zero attached hydrogens (tertiary/aromatic N) is 1. The summed E-state index contributed by atoms with van der Waals surface area (Å²) >= 11 is 11.6. The molecule has 0 aliphatic heterocycles. The molecule has 0 fully saturated rings. The summed E-state index contributed by atoms with van der Waals surface area (Å²) in [4.78, 5) is -0.224. The van der Waals surface area contributed by atoms with Crippen molar-refractivity contribution < 1.29 is 21.4 Å². The Morgan fingerprint density at radius 2 is 1.76 bits per heavy atom. The van der Waals surface area contributed by atoms with Crippen LogP contribution in [0.25, 0.3) is 0 Å². The van der Waals surface area contributed by atoms with Gasteiger partial charge in [-0.25, -0.2) is 12.7 Å². The summed E-state index contributed by atoms with van der Waals surface area (Å²) in [6.45, 7) is -0.111. The lowest BCUT2D eigenvalue weighted by Crippen LogP contribution is -2.29. The number of nitrogen functional groups attached to an aromatic ring is 1. The molecule has 0 aromatic heterocycles. The number of rotatable bonds is 6. The number of hydrogen-bond acceptors (Lipinski definition) is 5. The molecule has 3 N–H and O–H groups in total. The van der Waals surface area contributed by atoms with Crippen LogP contribution in [0.1, 0.15) is 6.42 Å². The molecule has 11 heteroatoms. The molecule has 0 amide bonds. The Balaban J connectivity index is 2.98. The SMILES string of the molecule is CN(CCCS(=O)(=O)O)S(=O)(=O)c1cc(Cl)c(N)cc1Cl. The molecule has 0 radical (unpaired) electrons. The highest BCUT2D eigenvalue weighted by Crippen LogP contribution is 2.31. The maximum Gasteiger partial charge on any atom is 0.264 e. The number of anilines is 1. The van der Waals surface area contributed by atoms with E-state index < -0.39 is 25.9 Å². The number of benzene rings is 1. The van der Waals surface area contributed by atoms with Crippen molar-refractivity contribution in [3.05, 3.63) is 22.2 Å². The Morgan fingerprint density at radius 1 is 1.19 bits per heavy atom. The monoisotopic (exact) mass is 376 g/mol. The summed E-state index contributed by atoms with van der Waals surface area (Å²) in [6.07, 6.45) is -0.0606. The Bertz CT molecular complexity index is 734. The van der Waals surface area contributed by atoms with Gasteiger partial charge in [0.2, 0.25) is 10.0 Å². The highest BCUT2D eigenvalue weighted by Gasteiger charge is 2.24. The standard InChI is InChI=1S/C10H14Cl2N2O5S2/c1-14(3-2-4-20(15,16)17)21(18,19)10-6-7(11)9(13)5-8(10)12/h5-6H,2-4,13H2,1H3,(H,15,16,17). The fraction of sp³-hybridized carbons (Fsp3) is 0.400. The van der Waals surface area contributed by atoms with Crippen molar-refractivity contribution in [2.45, 2.75) is 11.3 Å². The Hall–Kier alpha value is -0.580. The number of halogens is 2. The average molecular weight is 377 g/mol. The molecule has 1 rings (SSSR count). The zero-order valence-electron chi connectivity index (χ0n) is 11.0. The largest absolute Gasteiger partial charge is 0.397 e. The molecule has 0 aliphatic rings. The highest BCUT2D eigenvalue weighted by atomic mass is 35.5. The molecule has 120 valence electrons. The second-order valence-corrected chi connectivity index (χ2v) is 8.67. The maximum absolute atomic E-state index is 12.3. The molecule has 7 nitrogen and oxygen atoms in total. The smallest absolute Gasteiger partial charge is 0.264 e. The molecule has 0 atom stereocenters. The van der Waals surface area contributed by atoms with Crippen LogP contribution in [0.2, 0.25) is 10.0 Å². The predicted octanol–water partition coefficient (Wildman–Crippen LogP) is 1.47. The van der Waals surface area contributed by atoms with Crippen molar-refractivity contribution in [1.82, 2.24) is 4.31 Å². The van der Waals surface area contributed by atoms with Crippen LogP contribution in [0.3, 0.4) is 0 Å². The Kier molecular flexibility index (Phi) is 5.87. The molecule has 0 bridgehead atoms. The van der Waals surface area contributed by atoms with E-state index in [2.05, 4.69) is 0 Å². The van der Waals surface area contributed by atoms with Gasteiger partial charge in [0.1, 0.15) is 4.90 Å². The first kappa shape index (κ1) is 18.5. The summed E-state index contributed by atoms with van der Waals surface area (Å²) in [5, 5.41) is -0.0390. The van der Waals surface area contributed by atoms with E-state index in [1.165, 1.54) is 13.1 Å². The molecular formula is C10H14Cl2N2O5S2. The molecule has 0 unspecified atom stereocenters. The summed E-state index contributed by atoms with van der Waals surface area (Å²) in [7, 11) is -6.81. The summed E-state index contributed by atoms with van der Waals surface area (Å²) in [6, 6.07) is 2.36. The number of sulfonamides is 1. The van der Waals surface area contributed by atoms with Crippen molar-refractivity contribution in [1.29, 1.82) is 0 Å². The maximum atomic E-state index is 12.3. The second-order valence-electron chi connectivity index (χ2n) is 4.27. The normalized spacial score (nSPS) is 12.8. The van der Waals surface area contributed by atoms with Gasteiger partial charge < -0.3 is 5.73 Å². The van der Waals surface area contributed by atoms with Crippen LogP contribution >= 0.6 is 23.2 Å². The topological polar surface area (TPSA) is 118 Å². The Labute approximate surface area is 133 Å². The third-order valence-electron chi connectivity index (χ3n) is 2.61. The minimum absolute atomic E-state index is 0.0457. The predicted molar refractivity (Wildman–Crippen MR) is 81.7 cm³/mol. The molecule has 0 saturated heterocycles. The molecule has 0 heterocycles. The third-order valence-corrected chi connectivity index (χ3v) is 6.07. The molecule has 21 heavy (non-hydrogen) atoms. The Morgan fingerprint density at radius 3 is 2.29 bits per heavy atom. The highest BCUT2D eigenvalue weighted by molar-refractivity contribution is 7.89. The van der Waals surface area contributed by atoms with Gasteiger partial charge in [-0.3, -0.25) is 4.55 Å². The van der Waals surface area contributed by atoms with Crippen LogP contribution in [0, 0.1) is 0 Å². The zero-order valence-corrected chi connectivity index (χ0v) is 14.1. The van der Waals surface area contributed by atoms with E-state index in [4.69, 9.17) is 33.5 Å². The van der Waals surface area contributed by atoms with Crippen molar-refractivity contribution in [2.75, 3.05) is 25.1 Å². The van der Waals surface area contributed by atoms with E-state index in [0.29, 0.717) is 0 Å². The van der Waals surface area contributed by atoms with Gasteiger partial charge in [-0.2, -0.15) is 8.42 Å². The van der Waals surface area contributed by atoms with Crippen molar-refractivity contribution in [3.63, 3.8) is 0 Å². The van der Waals surface area contributed by atoms with Crippen molar-refractivity contribution in [3.8, 4) is 0 Å². The van der Waals surface area contributed by atoms with Crippen LogP contribution in [0.4, 0.5) is 5.69 Å². The minimum Gasteiger partial charge on any atom is -0.397 e. The molecule has 1 aromatic carbocycles.